The molecular formula is C21H31ClN2O3. The molecule has 1 heterocycles. The van der Waals surface area contributed by atoms with Gasteiger partial charge in [0.2, 0.25) is 5.91 Å². The van der Waals surface area contributed by atoms with Crippen LogP contribution in [-0.2, 0) is 4.79 Å². The van der Waals surface area contributed by atoms with Crippen molar-refractivity contribution in [1.29, 1.82) is 0 Å². The molecule has 0 unspecified atom stereocenters. The van der Waals surface area contributed by atoms with Crippen molar-refractivity contribution in [2.24, 2.45) is 0 Å². The van der Waals surface area contributed by atoms with Crippen molar-refractivity contribution in [3.63, 3.8) is 0 Å². The smallest absolute Gasteiger partial charge is 0.243 e. The molecule has 0 aliphatic carbocycles. The monoisotopic (exact) mass is 394 g/mol. The third kappa shape index (κ3) is 6.74. The Morgan fingerprint density at radius 3 is 2.93 bits per heavy atom. The number of carbonyl (C=O) groups is 1. The molecule has 2 rings (SSSR count). The summed E-state index contributed by atoms with van der Waals surface area (Å²) in [4.78, 5) is 14.6. The lowest BCUT2D eigenvalue weighted by atomic mass is 10.0. The van der Waals surface area contributed by atoms with Crippen molar-refractivity contribution < 1.29 is 14.3 Å². The minimum Gasteiger partial charge on any atom is -0.493 e. The first kappa shape index (κ1) is 21.6. The molecule has 1 aliphatic rings. The molecular weight excluding hydrogens is 364 g/mol. The van der Waals surface area contributed by atoms with Gasteiger partial charge in [-0.1, -0.05) is 18.0 Å². The summed E-state index contributed by atoms with van der Waals surface area (Å²) in [6.07, 6.45) is 8.12. The van der Waals surface area contributed by atoms with Crippen LogP contribution in [0.1, 0.15) is 45.1 Å². The molecule has 1 aliphatic heterocycles. The van der Waals surface area contributed by atoms with Gasteiger partial charge in [0.1, 0.15) is 0 Å². The van der Waals surface area contributed by atoms with Crippen LogP contribution in [0.5, 0.6) is 11.5 Å². The van der Waals surface area contributed by atoms with E-state index in [2.05, 4.69) is 17.1 Å². The Kier molecular flexibility index (Phi) is 8.95. The molecule has 1 N–H and O–H groups in total. The highest BCUT2D eigenvalue weighted by atomic mass is 35.5. The number of piperidine rings is 1. The highest BCUT2D eigenvalue weighted by Gasteiger charge is 2.17. The van der Waals surface area contributed by atoms with Gasteiger partial charge < -0.3 is 19.7 Å². The van der Waals surface area contributed by atoms with Gasteiger partial charge in [-0.3, -0.25) is 4.79 Å². The second kappa shape index (κ2) is 11.2. The van der Waals surface area contributed by atoms with Gasteiger partial charge in [0, 0.05) is 25.2 Å². The van der Waals surface area contributed by atoms with Crippen LogP contribution in [0.3, 0.4) is 0 Å². The standard InChI is InChI=1S/C21H31ClN2O3/c1-4-27-21-18(22)14-17(15-19(21)26-3)9-10-20(25)23-11-7-13-24-12-6-5-8-16(24)2/h9-10,14-16H,4-8,11-13H2,1-3H3,(H,23,25)/b10-9+/t16-/m1/s1. The predicted octanol–water partition coefficient (Wildman–Crippen LogP) is 4.14. The Balaban J connectivity index is 1.81. The SMILES string of the molecule is CCOc1c(Cl)cc(/C=C/C(=O)NCCCN2CCCC[C@H]2C)cc1OC. The van der Waals surface area contributed by atoms with Crippen LogP contribution >= 0.6 is 11.6 Å². The minimum absolute atomic E-state index is 0.106. The highest BCUT2D eigenvalue weighted by Crippen LogP contribution is 2.36. The van der Waals surface area contributed by atoms with E-state index < -0.39 is 0 Å². The van der Waals surface area contributed by atoms with Crippen LogP contribution in [-0.4, -0.2) is 50.2 Å². The molecule has 27 heavy (non-hydrogen) atoms. The lowest BCUT2D eigenvalue weighted by Crippen LogP contribution is -2.39. The number of ether oxygens (including phenoxy) is 2. The number of nitrogens with one attached hydrogen (secondary N) is 1. The van der Waals surface area contributed by atoms with Gasteiger partial charge in [0.25, 0.3) is 0 Å². The van der Waals surface area contributed by atoms with E-state index >= 15 is 0 Å². The topological polar surface area (TPSA) is 50.8 Å². The summed E-state index contributed by atoms with van der Waals surface area (Å²) in [5.41, 5.74) is 0.789. The summed E-state index contributed by atoms with van der Waals surface area (Å²) in [6, 6.07) is 4.23. The van der Waals surface area contributed by atoms with E-state index in [0.29, 0.717) is 35.7 Å². The zero-order valence-electron chi connectivity index (χ0n) is 16.6. The Bertz CT molecular complexity index is 649. The molecule has 0 aromatic heterocycles. The average molecular weight is 395 g/mol. The molecule has 6 heteroatoms. The third-order valence-electron chi connectivity index (χ3n) is 4.83. The normalized spacial score (nSPS) is 17.9. The van der Waals surface area contributed by atoms with Crippen LogP contribution in [0.4, 0.5) is 0 Å². The maximum atomic E-state index is 12.0. The number of likely N-dealkylation sites (tertiary alicyclic amines) is 1. The van der Waals surface area contributed by atoms with Gasteiger partial charge in [-0.05, 0) is 63.4 Å². The Labute approximate surface area is 167 Å². The van der Waals surface area contributed by atoms with Crippen molar-refractivity contribution >= 4 is 23.6 Å². The molecule has 1 fully saturated rings. The number of hydrogen-bond acceptors (Lipinski definition) is 4. The first-order valence-electron chi connectivity index (χ1n) is 9.75. The quantitative estimate of drug-likeness (QED) is 0.505. The molecule has 150 valence electrons. The van der Waals surface area contributed by atoms with Gasteiger partial charge in [-0.2, -0.15) is 0 Å². The second-order valence-electron chi connectivity index (χ2n) is 6.83. The summed E-state index contributed by atoms with van der Waals surface area (Å²) in [5.74, 6) is 0.973. The van der Waals surface area contributed by atoms with Crippen molar-refractivity contribution in [2.45, 2.75) is 45.6 Å². The van der Waals surface area contributed by atoms with Crippen molar-refractivity contribution in [3.05, 3.63) is 28.8 Å². The number of benzene rings is 1. The maximum absolute atomic E-state index is 12.0. The summed E-state index contributed by atoms with van der Waals surface area (Å²) in [5, 5.41) is 3.41. The van der Waals surface area contributed by atoms with Crippen LogP contribution in [0.15, 0.2) is 18.2 Å². The van der Waals surface area contributed by atoms with E-state index in [-0.39, 0.29) is 5.91 Å². The van der Waals surface area contributed by atoms with Gasteiger partial charge in [0.15, 0.2) is 11.5 Å². The van der Waals surface area contributed by atoms with Crippen LogP contribution < -0.4 is 14.8 Å². The largest absolute Gasteiger partial charge is 0.493 e. The average Bonchev–Trinajstić information content (AvgIpc) is 2.66. The number of hydrogen-bond donors (Lipinski definition) is 1. The van der Waals surface area contributed by atoms with Gasteiger partial charge in [-0.15, -0.1) is 0 Å². The molecule has 1 amide bonds. The van der Waals surface area contributed by atoms with Crippen LogP contribution in [0.2, 0.25) is 5.02 Å². The van der Waals surface area contributed by atoms with E-state index in [9.17, 15) is 4.79 Å². The van der Waals surface area contributed by atoms with Gasteiger partial charge in [0.05, 0.1) is 18.7 Å². The number of carbonyl (C=O) groups excluding carboxylic acids is 1. The second-order valence-corrected chi connectivity index (χ2v) is 7.23. The molecule has 0 radical (unpaired) electrons. The first-order chi connectivity index (χ1) is 13.0. The Morgan fingerprint density at radius 2 is 2.22 bits per heavy atom. The van der Waals surface area contributed by atoms with Crippen molar-refractivity contribution in [1.82, 2.24) is 10.2 Å². The zero-order chi connectivity index (χ0) is 19.6. The van der Waals surface area contributed by atoms with Gasteiger partial charge in [-0.25, -0.2) is 0 Å². The Morgan fingerprint density at radius 1 is 1.41 bits per heavy atom. The molecule has 1 aromatic carbocycles. The lowest BCUT2D eigenvalue weighted by molar-refractivity contribution is -0.116. The molecule has 1 saturated heterocycles. The third-order valence-corrected chi connectivity index (χ3v) is 5.11. The first-order valence-corrected chi connectivity index (χ1v) is 10.1. The summed E-state index contributed by atoms with van der Waals surface area (Å²) >= 11 is 6.25. The van der Waals surface area contributed by atoms with Crippen molar-refractivity contribution in [2.75, 3.05) is 33.4 Å². The van der Waals surface area contributed by atoms with E-state index in [1.54, 1.807) is 25.3 Å². The predicted molar refractivity (Wildman–Crippen MR) is 111 cm³/mol. The van der Waals surface area contributed by atoms with E-state index in [0.717, 1.165) is 18.5 Å². The summed E-state index contributed by atoms with van der Waals surface area (Å²) in [7, 11) is 1.57. The number of halogens is 1. The summed E-state index contributed by atoms with van der Waals surface area (Å²) in [6.45, 7) is 7.58. The number of rotatable bonds is 9. The fourth-order valence-electron chi connectivity index (χ4n) is 3.33. The maximum Gasteiger partial charge on any atom is 0.243 e. The molecule has 1 atom stereocenters. The Hall–Kier alpha value is -1.72. The lowest BCUT2D eigenvalue weighted by Gasteiger charge is -2.33. The van der Waals surface area contributed by atoms with Crippen LogP contribution in [0, 0.1) is 0 Å². The molecule has 1 aromatic rings. The molecule has 0 saturated carbocycles. The molecule has 0 bridgehead atoms. The van der Waals surface area contributed by atoms with Crippen molar-refractivity contribution in [3.8, 4) is 11.5 Å². The highest BCUT2D eigenvalue weighted by molar-refractivity contribution is 6.32. The number of methoxy groups -OCH3 is 1. The van der Waals surface area contributed by atoms with E-state index in [1.807, 2.05) is 6.92 Å². The van der Waals surface area contributed by atoms with Crippen LogP contribution in [0.25, 0.3) is 6.08 Å². The zero-order valence-corrected chi connectivity index (χ0v) is 17.3. The minimum atomic E-state index is -0.106. The van der Waals surface area contributed by atoms with E-state index in [4.69, 9.17) is 21.1 Å². The number of nitrogens with zero attached hydrogens (tertiary/aromatic N) is 1. The fourth-order valence-corrected chi connectivity index (χ4v) is 3.61. The van der Waals surface area contributed by atoms with Gasteiger partial charge >= 0.3 is 0 Å². The number of amides is 1. The van der Waals surface area contributed by atoms with E-state index in [1.165, 1.54) is 31.9 Å². The summed E-state index contributed by atoms with van der Waals surface area (Å²) < 4.78 is 10.8. The molecule has 5 nitrogen and oxygen atoms in total. The molecule has 0 spiro atoms. The fraction of sp³-hybridized carbons (Fsp3) is 0.571.